The molecule has 2 rings (SSSR count). The Bertz CT molecular complexity index is 360. The molecule has 20 heavy (non-hydrogen) atoms. The van der Waals surface area contributed by atoms with Gasteiger partial charge in [0.05, 0.1) is 0 Å². The van der Waals surface area contributed by atoms with E-state index in [2.05, 4.69) is 41.2 Å². The van der Waals surface area contributed by atoms with Gasteiger partial charge >= 0.3 is 0 Å². The van der Waals surface area contributed by atoms with Crippen LogP contribution in [0.5, 0.6) is 0 Å². The van der Waals surface area contributed by atoms with Crippen molar-refractivity contribution in [2.75, 3.05) is 19.6 Å². The molecule has 1 atom stereocenters. The Kier molecular flexibility index (Phi) is 6.48. The summed E-state index contributed by atoms with van der Waals surface area (Å²) in [6.07, 6.45) is 9.44. The molecule has 0 saturated heterocycles. The largest absolute Gasteiger partial charge is 0.313 e. The molecule has 0 aromatic carbocycles. The number of hydrogen-bond acceptors (Lipinski definition) is 3. The first kappa shape index (κ1) is 15.5. The van der Waals surface area contributed by atoms with Crippen molar-refractivity contribution in [1.29, 1.82) is 0 Å². The average molecular weight is 275 g/mol. The van der Waals surface area contributed by atoms with Crippen molar-refractivity contribution in [3.05, 3.63) is 30.1 Å². The number of aromatic nitrogens is 1. The van der Waals surface area contributed by atoms with Crippen LogP contribution < -0.4 is 5.32 Å². The highest BCUT2D eigenvalue weighted by atomic mass is 15.1. The Hall–Kier alpha value is -0.930. The predicted molar refractivity (Wildman–Crippen MR) is 84.6 cm³/mol. The van der Waals surface area contributed by atoms with Crippen molar-refractivity contribution in [3.63, 3.8) is 0 Å². The van der Waals surface area contributed by atoms with E-state index >= 15 is 0 Å². The Balaban J connectivity index is 1.92. The van der Waals surface area contributed by atoms with Crippen molar-refractivity contribution >= 4 is 0 Å². The van der Waals surface area contributed by atoms with Gasteiger partial charge in [0.2, 0.25) is 0 Å². The number of likely N-dealkylation sites (N-methyl/N-ethyl adjacent to an activating group) is 2. The lowest BCUT2D eigenvalue weighted by Gasteiger charge is -2.31. The van der Waals surface area contributed by atoms with Crippen LogP contribution in [0.15, 0.2) is 24.5 Å². The van der Waals surface area contributed by atoms with E-state index in [0.29, 0.717) is 6.04 Å². The van der Waals surface area contributed by atoms with Crippen molar-refractivity contribution in [2.45, 2.75) is 52.1 Å². The molecular weight excluding hydrogens is 246 g/mol. The first-order valence-electron chi connectivity index (χ1n) is 8.18. The highest BCUT2D eigenvalue weighted by Crippen LogP contribution is 2.28. The molecule has 0 spiro atoms. The number of rotatable bonds is 8. The molecule has 1 aromatic heterocycles. The molecule has 1 aliphatic carbocycles. The summed E-state index contributed by atoms with van der Waals surface area (Å²) >= 11 is 0. The third-order valence-corrected chi connectivity index (χ3v) is 4.49. The summed E-state index contributed by atoms with van der Waals surface area (Å²) in [5.41, 5.74) is 1.36. The molecular formula is C17H29N3. The molecule has 3 heteroatoms. The maximum absolute atomic E-state index is 4.10. The SMILES string of the molecule is CCNC(CN(CC)Cc1ccncc1)C1CCCC1. The van der Waals surface area contributed by atoms with Gasteiger partial charge in [0.15, 0.2) is 0 Å². The van der Waals surface area contributed by atoms with Gasteiger partial charge in [-0.1, -0.05) is 26.7 Å². The topological polar surface area (TPSA) is 28.2 Å². The van der Waals surface area contributed by atoms with Gasteiger partial charge in [-0.2, -0.15) is 0 Å². The molecule has 1 aliphatic rings. The van der Waals surface area contributed by atoms with Crippen LogP contribution in [0.1, 0.15) is 45.1 Å². The van der Waals surface area contributed by atoms with E-state index in [1.807, 2.05) is 12.4 Å². The minimum atomic E-state index is 0.657. The van der Waals surface area contributed by atoms with Crippen LogP contribution in [0.25, 0.3) is 0 Å². The molecule has 1 heterocycles. The lowest BCUT2D eigenvalue weighted by molar-refractivity contribution is 0.210. The zero-order valence-electron chi connectivity index (χ0n) is 13.0. The summed E-state index contributed by atoms with van der Waals surface area (Å²) in [5.74, 6) is 0.876. The fourth-order valence-electron chi connectivity index (χ4n) is 3.33. The maximum atomic E-state index is 4.10. The second kappa shape index (κ2) is 8.38. The number of hydrogen-bond donors (Lipinski definition) is 1. The van der Waals surface area contributed by atoms with Crippen molar-refractivity contribution in [2.24, 2.45) is 5.92 Å². The molecule has 1 saturated carbocycles. The summed E-state index contributed by atoms with van der Waals surface area (Å²) in [5, 5.41) is 3.72. The highest BCUT2D eigenvalue weighted by Gasteiger charge is 2.25. The van der Waals surface area contributed by atoms with Crippen LogP contribution in [-0.4, -0.2) is 35.6 Å². The van der Waals surface area contributed by atoms with Crippen LogP contribution in [0.4, 0.5) is 0 Å². The fourth-order valence-corrected chi connectivity index (χ4v) is 3.33. The normalized spacial score (nSPS) is 17.8. The van der Waals surface area contributed by atoms with E-state index in [4.69, 9.17) is 0 Å². The van der Waals surface area contributed by atoms with E-state index in [1.165, 1.54) is 31.2 Å². The number of pyridine rings is 1. The van der Waals surface area contributed by atoms with Gasteiger partial charge in [-0.25, -0.2) is 0 Å². The summed E-state index contributed by atoms with van der Waals surface area (Å²) < 4.78 is 0. The Morgan fingerprint density at radius 1 is 1.25 bits per heavy atom. The third kappa shape index (κ3) is 4.57. The zero-order valence-corrected chi connectivity index (χ0v) is 13.0. The molecule has 0 radical (unpaired) electrons. The average Bonchev–Trinajstić information content (AvgIpc) is 3.01. The molecule has 0 aliphatic heterocycles. The second-order valence-corrected chi connectivity index (χ2v) is 5.89. The van der Waals surface area contributed by atoms with E-state index in [9.17, 15) is 0 Å². The second-order valence-electron chi connectivity index (χ2n) is 5.89. The fraction of sp³-hybridized carbons (Fsp3) is 0.706. The lowest BCUT2D eigenvalue weighted by Crippen LogP contribution is -2.44. The lowest BCUT2D eigenvalue weighted by atomic mass is 9.97. The van der Waals surface area contributed by atoms with Crippen molar-refractivity contribution in [1.82, 2.24) is 15.2 Å². The summed E-state index contributed by atoms with van der Waals surface area (Å²) in [4.78, 5) is 6.66. The van der Waals surface area contributed by atoms with Crippen LogP contribution in [0.3, 0.4) is 0 Å². The van der Waals surface area contributed by atoms with Crippen LogP contribution >= 0.6 is 0 Å². The third-order valence-electron chi connectivity index (χ3n) is 4.49. The molecule has 112 valence electrons. The van der Waals surface area contributed by atoms with Crippen LogP contribution in [-0.2, 0) is 6.54 Å². The highest BCUT2D eigenvalue weighted by molar-refractivity contribution is 5.09. The first-order valence-corrected chi connectivity index (χ1v) is 8.18. The molecule has 1 fully saturated rings. The summed E-state index contributed by atoms with van der Waals surface area (Å²) in [6, 6.07) is 4.91. The summed E-state index contributed by atoms with van der Waals surface area (Å²) in [6.45, 7) is 8.87. The van der Waals surface area contributed by atoms with Crippen LogP contribution in [0, 0.1) is 5.92 Å². The summed E-state index contributed by atoms with van der Waals surface area (Å²) in [7, 11) is 0. The van der Waals surface area contributed by atoms with Gasteiger partial charge in [-0.15, -0.1) is 0 Å². The van der Waals surface area contributed by atoms with Gasteiger partial charge in [0.25, 0.3) is 0 Å². The maximum Gasteiger partial charge on any atom is 0.0271 e. The van der Waals surface area contributed by atoms with Crippen molar-refractivity contribution < 1.29 is 0 Å². The number of nitrogens with one attached hydrogen (secondary N) is 1. The van der Waals surface area contributed by atoms with Gasteiger partial charge in [0, 0.05) is 31.5 Å². The molecule has 1 unspecified atom stereocenters. The van der Waals surface area contributed by atoms with E-state index in [-0.39, 0.29) is 0 Å². The minimum absolute atomic E-state index is 0.657. The molecule has 1 N–H and O–H groups in total. The predicted octanol–water partition coefficient (Wildman–Crippen LogP) is 3.07. The zero-order chi connectivity index (χ0) is 14.2. The molecule has 0 amide bonds. The smallest absolute Gasteiger partial charge is 0.0271 e. The van der Waals surface area contributed by atoms with Crippen LogP contribution in [0.2, 0.25) is 0 Å². The Morgan fingerprint density at radius 3 is 2.55 bits per heavy atom. The van der Waals surface area contributed by atoms with Gasteiger partial charge in [-0.05, 0) is 49.5 Å². The quantitative estimate of drug-likeness (QED) is 0.790. The molecule has 1 aromatic rings. The standard InChI is InChI=1S/C17H29N3/c1-3-19-17(16-7-5-6-8-16)14-20(4-2)13-15-9-11-18-12-10-15/h9-12,16-17,19H,3-8,13-14H2,1-2H3. The van der Waals surface area contributed by atoms with Gasteiger partial charge in [-0.3, -0.25) is 9.88 Å². The monoisotopic (exact) mass is 275 g/mol. The first-order chi connectivity index (χ1) is 9.83. The Morgan fingerprint density at radius 2 is 1.95 bits per heavy atom. The molecule has 3 nitrogen and oxygen atoms in total. The van der Waals surface area contributed by atoms with Gasteiger partial charge < -0.3 is 5.32 Å². The van der Waals surface area contributed by atoms with E-state index in [1.54, 1.807) is 0 Å². The molecule has 0 bridgehead atoms. The van der Waals surface area contributed by atoms with Gasteiger partial charge in [0.1, 0.15) is 0 Å². The Labute approximate surface area is 123 Å². The van der Waals surface area contributed by atoms with E-state index < -0.39 is 0 Å². The van der Waals surface area contributed by atoms with E-state index in [0.717, 1.165) is 32.1 Å². The minimum Gasteiger partial charge on any atom is -0.313 e. The van der Waals surface area contributed by atoms with Crippen molar-refractivity contribution in [3.8, 4) is 0 Å². The number of nitrogens with zero attached hydrogens (tertiary/aromatic N) is 2.